The summed E-state index contributed by atoms with van der Waals surface area (Å²) < 4.78 is 7.03. The van der Waals surface area contributed by atoms with Gasteiger partial charge in [0.2, 0.25) is 0 Å². The summed E-state index contributed by atoms with van der Waals surface area (Å²) in [6.45, 7) is 2.16. The fourth-order valence-corrected chi connectivity index (χ4v) is 1.96. The second-order valence-corrected chi connectivity index (χ2v) is 4.27. The van der Waals surface area contributed by atoms with Crippen molar-refractivity contribution in [3.63, 3.8) is 0 Å². The smallest absolute Gasteiger partial charge is 0.255 e. The van der Waals surface area contributed by atoms with Gasteiger partial charge >= 0.3 is 0 Å². The van der Waals surface area contributed by atoms with Gasteiger partial charge in [-0.2, -0.15) is 0 Å². The van der Waals surface area contributed by atoms with Gasteiger partial charge in [0.25, 0.3) is 5.91 Å². The van der Waals surface area contributed by atoms with Gasteiger partial charge in [0.1, 0.15) is 11.4 Å². The third-order valence-electron chi connectivity index (χ3n) is 2.95. The van der Waals surface area contributed by atoms with Gasteiger partial charge in [-0.3, -0.25) is 4.79 Å². The van der Waals surface area contributed by atoms with E-state index in [2.05, 4.69) is 10.3 Å². The minimum atomic E-state index is -0.150. The Balaban J connectivity index is 1.72. The Morgan fingerprint density at radius 3 is 3.05 bits per heavy atom. The lowest BCUT2D eigenvalue weighted by molar-refractivity contribution is 0.0949. The molecule has 0 saturated carbocycles. The number of aromatic nitrogens is 2. The van der Waals surface area contributed by atoms with Crippen LogP contribution in [0.3, 0.4) is 0 Å². The highest BCUT2D eigenvalue weighted by molar-refractivity contribution is 5.94. The summed E-state index contributed by atoms with van der Waals surface area (Å²) in [7, 11) is 0. The lowest BCUT2D eigenvalue weighted by Crippen LogP contribution is -2.23. The number of nitrogens with zero attached hydrogens (tertiary/aromatic N) is 2. The van der Waals surface area contributed by atoms with E-state index in [0.29, 0.717) is 17.9 Å². The van der Waals surface area contributed by atoms with E-state index in [0.717, 1.165) is 11.3 Å². The molecule has 3 rings (SSSR count). The molecule has 0 radical (unpaired) electrons. The Labute approximate surface area is 109 Å². The second-order valence-electron chi connectivity index (χ2n) is 4.27. The molecular formula is C14H13N3O2. The average molecular weight is 255 g/mol. The van der Waals surface area contributed by atoms with Crippen LogP contribution in [0, 0.1) is 6.92 Å². The molecule has 0 fully saturated rings. The number of fused-ring (bicyclic) bond motifs is 1. The molecule has 0 atom stereocenters. The number of furan rings is 1. The first kappa shape index (κ1) is 11.5. The van der Waals surface area contributed by atoms with E-state index < -0.39 is 0 Å². The van der Waals surface area contributed by atoms with Crippen molar-refractivity contribution in [1.82, 2.24) is 14.7 Å². The van der Waals surface area contributed by atoms with E-state index in [1.807, 2.05) is 35.0 Å². The van der Waals surface area contributed by atoms with Gasteiger partial charge in [-0.1, -0.05) is 6.07 Å². The molecule has 0 unspecified atom stereocenters. The van der Waals surface area contributed by atoms with Crippen LogP contribution in [0.15, 0.2) is 47.3 Å². The first-order valence-electron chi connectivity index (χ1n) is 5.99. The number of carbonyl (C=O) groups is 1. The van der Waals surface area contributed by atoms with Gasteiger partial charge in [0.15, 0.2) is 0 Å². The molecule has 0 aliphatic carbocycles. The monoisotopic (exact) mass is 255 g/mol. The molecule has 19 heavy (non-hydrogen) atoms. The normalized spacial score (nSPS) is 10.8. The zero-order valence-corrected chi connectivity index (χ0v) is 10.5. The minimum Gasteiger partial charge on any atom is -0.469 e. The standard InChI is InChI=1S/C14H13N3O2/c1-10-12(5-7-19-10)14(18)15-8-11-9-17-6-3-2-4-13(17)16-11/h2-7,9H,8H2,1H3,(H,15,18). The molecule has 3 heterocycles. The first-order valence-corrected chi connectivity index (χ1v) is 5.99. The minimum absolute atomic E-state index is 0.150. The van der Waals surface area contributed by atoms with Crippen molar-refractivity contribution in [1.29, 1.82) is 0 Å². The largest absolute Gasteiger partial charge is 0.469 e. The van der Waals surface area contributed by atoms with Crippen LogP contribution in [0.1, 0.15) is 21.8 Å². The summed E-state index contributed by atoms with van der Waals surface area (Å²) in [6.07, 6.45) is 5.33. The molecule has 3 aromatic rings. The number of amides is 1. The van der Waals surface area contributed by atoms with Crippen molar-refractivity contribution in [2.75, 3.05) is 0 Å². The van der Waals surface area contributed by atoms with E-state index in [4.69, 9.17) is 4.42 Å². The van der Waals surface area contributed by atoms with Crippen molar-refractivity contribution >= 4 is 11.6 Å². The molecule has 0 aliphatic heterocycles. The van der Waals surface area contributed by atoms with Crippen LogP contribution < -0.4 is 5.32 Å². The SMILES string of the molecule is Cc1occc1C(=O)NCc1cn2ccccc2n1. The highest BCUT2D eigenvalue weighted by Crippen LogP contribution is 2.09. The van der Waals surface area contributed by atoms with E-state index >= 15 is 0 Å². The van der Waals surface area contributed by atoms with Crippen molar-refractivity contribution in [2.24, 2.45) is 0 Å². The summed E-state index contributed by atoms with van der Waals surface area (Å²) in [4.78, 5) is 16.3. The zero-order chi connectivity index (χ0) is 13.2. The van der Waals surface area contributed by atoms with Crippen molar-refractivity contribution in [2.45, 2.75) is 13.5 Å². The maximum absolute atomic E-state index is 11.9. The highest BCUT2D eigenvalue weighted by atomic mass is 16.3. The quantitative estimate of drug-likeness (QED) is 0.780. The van der Waals surface area contributed by atoms with Crippen LogP contribution in [-0.2, 0) is 6.54 Å². The van der Waals surface area contributed by atoms with Crippen LogP contribution in [0.25, 0.3) is 5.65 Å². The van der Waals surface area contributed by atoms with Gasteiger partial charge in [-0.05, 0) is 25.1 Å². The number of pyridine rings is 1. The lowest BCUT2D eigenvalue weighted by atomic mass is 10.2. The average Bonchev–Trinajstić information content (AvgIpc) is 3.01. The fraction of sp³-hybridized carbons (Fsp3) is 0.143. The molecule has 1 N–H and O–H groups in total. The van der Waals surface area contributed by atoms with Crippen LogP contribution in [0.2, 0.25) is 0 Å². The van der Waals surface area contributed by atoms with Crippen molar-refractivity contribution in [3.8, 4) is 0 Å². The lowest BCUT2D eigenvalue weighted by Gasteiger charge is -2.01. The number of carbonyl (C=O) groups excluding carboxylic acids is 1. The summed E-state index contributed by atoms with van der Waals surface area (Å²) in [5.74, 6) is 0.468. The third kappa shape index (κ3) is 2.22. The van der Waals surface area contributed by atoms with Crippen LogP contribution >= 0.6 is 0 Å². The zero-order valence-electron chi connectivity index (χ0n) is 10.5. The van der Waals surface area contributed by atoms with E-state index in [9.17, 15) is 4.79 Å². The topological polar surface area (TPSA) is 59.5 Å². The summed E-state index contributed by atoms with van der Waals surface area (Å²) in [6, 6.07) is 7.45. The maximum atomic E-state index is 11.9. The number of nitrogens with one attached hydrogen (secondary N) is 1. The Morgan fingerprint density at radius 1 is 1.42 bits per heavy atom. The van der Waals surface area contributed by atoms with Crippen molar-refractivity contribution < 1.29 is 9.21 Å². The molecule has 1 amide bonds. The fourth-order valence-electron chi connectivity index (χ4n) is 1.96. The predicted octanol–water partition coefficient (Wildman–Crippen LogP) is 2.17. The van der Waals surface area contributed by atoms with E-state index in [1.54, 1.807) is 13.0 Å². The Hall–Kier alpha value is -2.56. The Morgan fingerprint density at radius 2 is 2.32 bits per heavy atom. The summed E-state index contributed by atoms with van der Waals surface area (Å²) >= 11 is 0. The molecule has 0 spiro atoms. The second kappa shape index (κ2) is 4.61. The van der Waals surface area contributed by atoms with Gasteiger partial charge in [-0.25, -0.2) is 4.98 Å². The third-order valence-corrected chi connectivity index (χ3v) is 2.95. The molecule has 5 nitrogen and oxygen atoms in total. The first-order chi connectivity index (χ1) is 9.24. The summed E-state index contributed by atoms with van der Waals surface area (Å²) in [5, 5.41) is 2.83. The van der Waals surface area contributed by atoms with Crippen LogP contribution in [0.5, 0.6) is 0 Å². The molecule has 0 saturated heterocycles. The molecule has 0 aromatic carbocycles. The number of rotatable bonds is 3. The van der Waals surface area contributed by atoms with Gasteiger partial charge in [0.05, 0.1) is 24.1 Å². The van der Waals surface area contributed by atoms with Crippen LogP contribution in [-0.4, -0.2) is 15.3 Å². The molecule has 0 aliphatic rings. The van der Waals surface area contributed by atoms with Crippen LogP contribution in [0.4, 0.5) is 0 Å². The van der Waals surface area contributed by atoms with Crippen molar-refractivity contribution in [3.05, 3.63) is 59.9 Å². The predicted molar refractivity (Wildman–Crippen MR) is 69.8 cm³/mol. The Bertz CT molecular complexity index is 694. The summed E-state index contributed by atoms with van der Waals surface area (Å²) in [5.41, 5.74) is 2.25. The van der Waals surface area contributed by atoms with Gasteiger partial charge in [-0.15, -0.1) is 0 Å². The molecule has 5 heteroatoms. The highest BCUT2D eigenvalue weighted by Gasteiger charge is 2.11. The van der Waals surface area contributed by atoms with E-state index in [-0.39, 0.29) is 5.91 Å². The molecule has 0 bridgehead atoms. The molecule has 96 valence electrons. The number of aryl methyl sites for hydroxylation is 1. The van der Waals surface area contributed by atoms with E-state index in [1.165, 1.54) is 6.26 Å². The van der Waals surface area contributed by atoms with Gasteiger partial charge in [0, 0.05) is 12.4 Å². The molecular weight excluding hydrogens is 242 g/mol. The number of imidazole rings is 1. The number of hydrogen-bond acceptors (Lipinski definition) is 3. The Kier molecular flexibility index (Phi) is 2.79. The molecule has 3 aromatic heterocycles. The number of hydrogen-bond donors (Lipinski definition) is 1. The van der Waals surface area contributed by atoms with Gasteiger partial charge < -0.3 is 14.1 Å². The maximum Gasteiger partial charge on any atom is 0.255 e.